The number of amides is 2. The van der Waals surface area contributed by atoms with Gasteiger partial charge in [0.15, 0.2) is 5.13 Å². The maximum atomic E-state index is 12.1. The van der Waals surface area contributed by atoms with Crippen LogP contribution < -0.4 is 10.6 Å². The molecule has 8 nitrogen and oxygen atoms in total. The average Bonchev–Trinajstić information content (AvgIpc) is 3.03. The average molecular weight is 388 g/mol. The van der Waals surface area contributed by atoms with Crippen LogP contribution >= 0.6 is 11.3 Å². The molecule has 0 atom stereocenters. The molecule has 2 aromatic rings. The summed E-state index contributed by atoms with van der Waals surface area (Å²) in [6.45, 7) is 3.73. The minimum absolute atomic E-state index is 0.286. The van der Waals surface area contributed by atoms with Crippen molar-refractivity contribution < 1.29 is 19.1 Å². The number of rotatable bonds is 4. The van der Waals surface area contributed by atoms with Gasteiger partial charge in [-0.3, -0.25) is 14.9 Å². The van der Waals surface area contributed by atoms with Gasteiger partial charge >= 0.3 is 17.8 Å². The zero-order chi connectivity index (χ0) is 19.4. The molecule has 3 rings (SSSR count). The molecule has 2 heterocycles. The highest BCUT2D eigenvalue weighted by molar-refractivity contribution is 7.16. The van der Waals surface area contributed by atoms with Gasteiger partial charge in [0, 0.05) is 30.1 Å². The molecule has 0 saturated carbocycles. The number of aromatic nitrogens is 1. The summed E-state index contributed by atoms with van der Waals surface area (Å²) in [5, 5.41) is 5.46. The second kappa shape index (κ2) is 8.28. The van der Waals surface area contributed by atoms with Crippen LogP contribution in [0.5, 0.6) is 0 Å². The van der Waals surface area contributed by atoms with E-state index in [4.69, 9.17) is 4.74 Å². The number of likely N-dealkylation sites (N-methyl/N-ethyl adjacent to an activating group) is 1. The fraction of sp³-hybridized carbons (Fsp3) is 0.333. The van der Waals surface area contributed by atoms with E-state index in [0.29, 0.717) is 16.4 Å². The largest absolute Gasteiger partial charge is 0.462 e. The summed E-state index contributed by atoms with van der Waals surface area (Å²) >= 11 is 1.38. The maximum Gasteiger partial charge on any atom is 0.338 e. The number of ether oxygens (including phenoxy) is 1. The number of fused-ring (bicyclic) bond motifs is 1. The monoisotopic (exact) mass is 388 g/mol. The van der Waals surface area contributed by atoms with E-state index >= 15 is 0 Å². The first-order valence-corrected chi connectivity index (χ1v) is 9.34. The van der Waals surface area contributed by atoms with E-state index in [1.165, 1.54) is 35.6 Å². The Morgan fingerprint density at radius 3 is 2.59 bits per heavy atom. The van der Waals surface area contributed by atoms with E-state index in [0.717, 1.165) is 30.1 Å². The molecular formula is C18H20N4O4S. The van der Waals surface area contributed by atoms with Crippen LogP contribution in [0.3, 0.4) is 0 Å². The van der Waals surface area contributed by atoms with Gasteiger partial charge in [-0.15, -0.1) is 11.3 Å². The molecule has 0 spiro atoms. The number of hydrogen-bond acceptors (Lipinski definition) is 7. The topological polar surface area (TPSA) is 101 Å². The minimum Gasteiger partial charge on any atom is -0.462 e. The first-order chi connectivity index (χ1) is 13.0. The third kappa shape index (κ3) is 4.69. The predicted octanol–water partition coefficient (Wildman–Crippen LogP) is 1.88. The molecule has 0 saturated heterocycles. The van der Waals surface area contributed by atoms with E-state index in [1.54, 1.807) is 6.92 Å². The Balaban J connectivity index is 1.58. The Bertz CT molecular complexity index is 863. The van der Waals surface area contributed by atoms with Gasteiger partial charge < -0.3 is 15.0 Å². The molecule has 1 aromatic heterocycles. The number of hydrogen-bond donors (Lipinski definition) is 2. The fourth-order valence-electron chi connectivity index (χ4n) is 2.62. The van der Waals surface area contributed by atoms with E-state index in [1.807, 2.05) is 7.05 Å². The van der Waals surface area contributed by atoms with Crippen molar-refractivity contribution in [1.29, 1.82) is 0 Å². The molecule has 2 amide bonds. The van der Waals surface area contributed by atoms with Crippen LogP contribution in [0.1, 0.15) is 27.9 Å². The first-order valence-electron chi connectivity index (χ1n) is 8.53. The third-order valence-corrected chi connectivity index (χ3v) is 5.00. The van der Waals surface area contributed by atoms with E-state index < -0.39 is 17.8 Å². The van der Waals surface area contributed by atoms with Gasteiger partial charge in [-0.05, 0) is 38.2 Å². The lowest BCUT2D eigenvalue weighted by Gasteiger charge is -2.20. The van der Waals surface area contributed by atoms with Gasteiger partial charge in [0.05, 0.1) is 17.9 Å². The normalized spacial score (nSPS) is 13.6. The molecule has 9 heteroatoms. The second-order valence-corrected chi connectivity index (χ2v) is 7.17. The van der Waals surface area contributed by atoms with E-state index in [9.17, 15) is 14.4 Å². The van der Waals surface area contributed by atoms with Crippen molar-refractivity contribution >= 4 is 39.9 Å². The van der Waals surface area contributed by atoms with Gasteiger partial charge in [-0.2, -0.15) is 0 Å². The van der Waals surface area contributed by atoms with Crippen molar-refractivity contribution in [1.82, 2.24) is 9.88 Å². The summed E-state index contributed by atoms with van der Waals surface area (Å²) in [5.41, 5.74) is 1.75. The summed E-state index contributed by atoms with van der Waals surface area (Å²) in [4.78, 5) is 43.5. The van der Waals surface area contributed by atoms with Crippen LogP contribution in [-0.4, -0.2) is 47.9 Å². The molecule has 27 heavy (non-hydrogen) atoms. The van der Waals surface area contributed by atoms with Crippen molar-refractivity contribution in [3.8, 4) is 0 Å². The van der Waals surface area contributed by atoms with Crippen LogP contribution in [0.2, 0.25) is 0 Å². The number of nitrogens with zero attached hydrogens (tertiary/aromatic N) is 2. The number of benzene rings is 1. The van der Waals surface area contributed by atoms with Crippen molar-refractivity contribution in [2.24, 2.45) is 0 Å². The van der Waals surface area contributed by atoms with E-state index in [2.05, 4.69) is 20.5 Å². The Kier molecular flexibility index (Phi) is 5.82. The molecule has 1 aliphatic rings. The molecule has 0 fully saturated rings. The second-order valence-electron chi connectivity index (χ2n) is 6.08. The standard InChI is InChI=1S/C18H20N4O4S/c1-3-26-17(25)11-4-6-12(7-5-11)19-15(23)16(24)21-18-20-13-8-9-22(2)10-14(13)27-18/h4-7H,3,8-10H2,1-2H3,(H,19,23)(H,20,21,24). The highest BCUT2D eigenvalue weighted by Crippen LogP contribution is 2.27. The molecule has 2 N–H and O–H groups in total. The first kappa shape index (κ1) is 19.0. The number of carbonyl (C=O) groups excluding carboxylic acids is 3. The van der Waals surface area contributed by atoms with Gasteiger partial charge in [0.1, 0.15) is 0 Å². The van der Waals surface area contributed by atoms with Crippen LogP contribution in [0.15, 0.2) is 24.3 Å². The number of carbonyl (C=O) groups is 3. The lowest BCUT2D eigenvalue weighted by Crippen LogP contribution is -2.29. The zero-order valence-corrected chi connectivity index (χ0v) is 15.9. The van der Waals surface area contributed by atoms with Crippen LogP contribution in [-0.2, 0) is 27.3 Å². The zero-order valence-electron chi connectivity index (χ0n) is 15.1. The van der Waals surface area contributed by atoms with Crippen LogP contribution in [0, 0.1) is 0 Å². The summed E-state index contributed by atoms with van der Waals surface area (Å²) in [6, 6.07) is 6.12. The molecule has 0 aliphatic carbocycles. The lowest BCUT2D eigenvalue weighted by molar-refractivity contribution is -0.132. The van der Waals surface area contributed by atoms with Gasteiger partial charge in [0.25, 0.3) is 0 Å². The number of esters is 1. The summed E-state index contributed by atoms with van der Waals surface area (Å²) in [6.07, 6.45) is 0.831. The predicted molar refractivity (Wildman–Crippen MR) is 102 cm³/mol. The third-order valence-electron chi connectivity index (χ3n) is 4.00. The van der Waals surface area contributed by atoms with Crippen molar-refractivity contribution in [3.63, 3.8) is 0 Å². The number of thiazole rings is 1. The van der Waals surface area contributed by atoms with Gasteiger partial charge in [-0.25, -0.2) is 9.78 Å². The molecule has 1 aliphatic heterocycles. The quantitative estimate of drug-likeness (QED) is 0.613. The minimum atomic E-state index is -0.802. The molecule has 0 bridgehead atoms. The number of nitrogens with one attached hydrogen (secondary N) is 2. The molecular weight excluding hydrogens is 368 g/mol. The Morgan fingerprint density at radius 2 is 1.89 bits per heavy atom. The Hall–Kier alpha value is -2.78. The smallest absolute Gasteiger partial charge is 0.338 e. The van der Waals surface area contributed by atoms with E-state index in [-0.39, 0.29) is 6.61 Å². The Morgan fingerprint density at radius 1 is 1.19 bits per heavy atom. The van der Waals surface area contributed by atoms with Crippen molar-refractivity contribution in [3.05, 3.63) is 40.4 Å². The van der Waals surface area contributed by atoms with Crippen molar-refractivity contribution in [2.45, 2.75) is 19.9 Å². The molecule has 1 aromatic carbocycles. The highest BCUT2D eigenvalue weighted by atomic mass is 32.1. The molecule has 0 unspecified atom stereocenters. The summed E-state index contributed by atoms with van der Waals surface area (Å²) in [5.74, 6) is -2.03. The summed E-state index contributed by atoms with van der Waals surface area (Å²) in [7, 11) is 2.03. The molecule has 0 radical (unpaired) electrons. The van der Waals surface area contributed by atoms with Gasteiger partial charge in [-0.1, -0.05) is 0 Å². The number of anilines is 2. The highest BCUT2D eigenvalue weighted by Gasteiger charge is 2.21. The summed E-state index contributed by atoms with van der Waals surface area (Å²) < 4.78 is 4.90. The van der Waals surface area contributed by atoms with Crippen molar-refractivity contribution in [2.75, 3.05) is 30.8 Å². The van der Waals surface area contributed by atoms with Crippen LogP contribution in [0.25, 0.3) is 0 Å². The Labute approximate surface area is 160 Å². The van der Waals surface area contributed by atoms with Gasteiger partial charge in [0.2, 0.25) is 0 Å². The molecule has 142 valence electrons. The fourth-order valence-corrected chi connectivity index (χ4v) is 3.71. The van der Waals surface area contributed by atoms with Crippen LogP contribution in [0.4, 0.5) is 10.8 Å². The lowest BCUT2D eigenvalue weighted by atomic mass is 10.2. The SMILES string of the molecule is CCOC(=O)c1ccc(NC(=O)C(=O)Nc2nc3c(s2)CN(C)CC3)cc1. The maximum absolute atomic E-state index is 12.1.